The fourth-order valence-electron chi connectivity index (χ4n) is 3.85. The molecule has 2 aromatic carbocycles. The fourth-order valence-corrected chi connectivity index (χ4v) is 3.85. The Labute approximate surface area is 193 Å². The minimum absolute atomic E-state index is 0.143. The Kier molecular flexibility index (Phi) is 5.58. The average molecular weight is 442 g/mol. The number of hydrogen-bond acceptors (Lipinski definition) is 6. The molecule has 1 fully saturated rings. The van der Waals surface area contributed by atoms with Gasteiger partial charge >= 0.3 is 0 Å². The monoisotopic (exact) mass is 441 g/mol. The van der Waals surface area contributed by atoms with Crippen molar-refractivity contribution in [2.75, 3.05) is 0 Å². The van der Waals surface area contributed by atoms with Crippen LogP contribution in [-0.2, 0) is 5.41 Å². The lowest BCUT2D eigenvalue weighted by molar-refractivity contribution is 0.120. The van der Waals surface area contributed by atoms with Gasteiger partial charge in [-0.1, -0.05) is 43.3 Å². The largest absolute Gasteiger partial charge is 0.490 e. The molecule has 1 saturated carbocycles. The van der Waals surface area contributed by atoms with Gasteiger partial charge in [-0.15, -0.1) is 0 Å². The smallest absolute Gasteiger partial charge is 0.223 e. The molecule has 0 N–H and O–H groups in total. The SMILES string of the molecule is Cc1nc(-c2ccc(Oc3ccc(C(C)(C)c4ccc(OC5CCC5)cc4)cc3)nc2)no1. The third-order valence-electron chi connectivity index (χ3n) is 6.25. The molecule has 0 bridgehead atoms. The summed E-state index contributed by atoms with van der Waals surface area (Å²) < 4.78 is 16.9. The van der Waals surface area contributed by atoms with Crippen molar-refractivity contribution < 1.29 is 14.0 Å². The van der Waals surface area contributed by atoms with Gasteiger partial charge in [-0.25, -0.2) is 4.98 Å². The van der Waals surface area contributed by atoms with E-state index in [9.17, 15) is 0 Å². The fraction of sp³-hybridized carbons (Fsp3) is 0.296. The Morgan fingerprint density at radius 2 is 1.55 bits per heavy atom. The summed E-state index contributed by atoms with van der Waals surface area (Å²) in [7, 11) is 0. The Morgan fingerprint density at radius 3 is 2.06 bits per heavy atom. The molecule has 1 aliphatic carbocycles. The van der Waals surface area contributed by atoms with E-state index in [1.54, 1.807) is 19.2 Å². The quantitative estimate of drug-likeness (QED) is 0.326. The van der Waals surface area contributed by atoms with Gasteiger partial charge < -0.3 is 14.0 Å². The second-order valence-electron chi connectivity index (χ2n) is 8.97. The van der Waals surface area contributed by atoms with E-state index in [1.807, 2.05) is 18.2 Å². The summed E-state index contributed by atoms with van der Waals surface area (Å²) in [6.45, 7) is 6.21. The predicted molar refractivity (Wildman–Crippen MR) is 126 cm³/mol. The summed E-state index contributed by atoms with van der Waals surface area (Å²) in [5, 5.41) is 3.91. The zero-order valence-electron chi connectivity index (χ0n) is 19.1. The lowest BCUT2D eigenvalue weighted by Gasteiger charge is -2.28. The van der Waals surface area contributed by atoms with E-state index >= 15 is 0 Å². The molecule has 2 aromatic heterocycles. The average Bonchev–Trinajstić information content (AvgIpc) is 3.24. The van der Waals surface area contributed by atoms with Crippen LogP contribution in [0, 0.1) is 6.92 Å². The Morgan fingerprint density at radius 1 is 0.879 bits per heavy atom. The third kappa shape index (κ3) is 4.60. The van der Waals surface area contributed by atoms with Gasteiger partial charge in [0, 0.05) is 30.2 Å². The van der Waals surface area contributed by atoms with Gasteiger partial charge in [-0.3, -0.25) is 0 Å². The number of ether oxygens (including phenoxy) is 2. The molecule has 168 valence electrons. The molecule has 2 heterocycles. The number of aryl methyl sites for hydroxylation is 1. The summed E-state index contributed by atoms with van der Waals surface area (Å²) in [6.07, 6.45) is 5.68. The molecule has 5 rings (SSSR count). The van der Waals surface area contributed by atoms with E-state index in [0.29, 0.717) is 23.7 Å². The Bertz CT molecular complexity index is 1210. The van der Waals surface area contributed by atoms with Gasteiger partial charge in [0.15, 0.2) is 0 Å². The molecule has 0 aliphatic heterocycles. The molecular formula is C27H27N3O3. The van der Waals surface area contributed by atoms with Crippen LogP contribution in [0.5, 0.6) is 17.4 Å². The molecule has 6 heteroatoms. The van der Waals surface area contributed by atoms with Crippen molar-refractivity contribution in [3.63, 3.8) is 0 Å². The van der Waals surface area contributed by atoms with E-state index in [1.165, 1.54) is 30.4 Å². The minimum Gasteiger partial charge on any atom is -0.490 e. The number of aromatic nitrogens is 3. The second-order valence-corrected chi connectivity index (χ2v) is 8.97. The third-order valence-corrected chi connectivity index (χ3v) is 6.25. The van der Waals surface area contributed by atoms with Crippen molar-refractivity contribution in [1.29, 1.82) is 0 Å². The first-order valence-electron chi connectivity index (χ1n) is 11.3. The van der Waals surface area contributed by atoms with E-state index in [-0.39, 0.29) is 5.41 Å². The molecule has 0 unspecified atom stereocenters. The van der Waals surface area contributed by atoms with Gasteiger partial charge in [0.25, 0.3) is 0 Å². The highest BCUT2D eigenvalue weighted by Crippen LogP contribution is 2.34. The van der Waals surface area contributed by atoms with Crippen molar-refractivity contribution in [2.24, 2.45) is 0 Å². The lowest BCUT2D eigenvalue weighted by atomic mass is 9.78. The Balaban J connectivity index is 1.25. The van der Waals surface area contributed by atoms with Crippen LogP contribution in [0.25, 0.3) is 11.4 Å². The van der Waals surface area contributed by atoms with Crippen molar-refractivity contribution in [3.05, 3.63) is 83.9 Å². The number of rotatable bonds is 7. The summed E-state index contributed by atoms with van der Waals surface area (Å²) in [6, 6.07) is 20.3. The van der Waals surface area contributed by atoms with Crippen molar-refractivity contribution >= 4 is 0 Å². The maximum Gasteiger partial charge on any atom is 0.223 e. The molecule has 0 spiro atoms. The van der Waals surface area contributed by atoms with Crippen LogP contribution in [0.1, 0.15) is 50.1 Å². The van der Waals surface area contributed by atoms with Crippen LogP contribution >= 0.6 is 0 Å². The molecule has 0 amide bonds. The molecule has 4 aromatic rings. The normalized spacial score (nSPS) is 14.0. The number of pyridine rings is 1. The van der Waals surface area contributed by atoms with Crippen LogP contribution in [0.2, 0.25) is 0 Å². The number of benzene rings is 2. The van der Waals surface area contributed by atoms with Gasteiger partial charge in [0.2, 0.25) is 17.6 Å². The number of nitrogens with zero attached hydrogens (tertiary/aromatic N) is 3. The van der Waals surface area contributed by atoms with Crippen LogP contribution in [0.15, 0.2) is 71.4 Å². The maximum absolute atomic E-state index is 6.00. The van der Waals surface area contributed by atoms with Gasteiger partial charge in [-0.2, -0.15) is 4.98 Å². The van der Waals surface area contributed by atoms with E-state index in [0.717, 1.165) is 17.1 Å². The first-order valence-corrected chi connectivity index (χ1v) is 11.3. The van der Waals surface area contributed by atoms with Crippen LogP contribution in [0.3, 0.4) is 0 Å². The molecule has 33 heavy (non-hydrogen) atoms. The first kappa shape index (κ1) is 21.2. The maximum atomic E-state index is 6.00. The molecular weight excluding hydrogens is 414 g/mol. The van der Waals surface area contributed by atoms with E-state index in [4.69, 9.17) is 14.0 Å². The van der Waals surface area contributed by atoms with Gasteiger partial charge in [0.05, 0.1) is 6.10 Å². The van der Waals surface area contributed by atoms with Crippen molar-refractivity contribution in [3.8, 4) is 28.8 Å². The van der Waals surface area contributed by atoms with Crippen LogP contribution in [-0.4, -0.2) is 21.2 Å². The highest BCUT2D eigenvalue weighted by molar-refractivity contribution is 5.53. The lowest BCUT2D eigenvalue weighted by Crippen LogP contribution is -2.24. The standard InChI is InChI=1S/C27H27N3O3/c1-18-29-26(30-33-18)19-7-16-25(28-17-19)32-24-14-10-21(11-15-24)27(2,3)20-8-12-23(13-9-20)31-22-5-4-6-22/h7-17,22H,4-6H2,1-3H3. The van der Waals surface area contributed by atoms with Crippen molar-refractivity contribution in [2.45, 2.75) is 51.6 Å². The van der Waals surface area contributed by atoms with Crippen LogP contribution < -0.4 is 9.47 Å². The number of hydrogen-bond donors (Lipinski definition) is 0. The zero-order valence-corrected chi connectivity index (χ0v) is 19.1. The first-order chi connectivity index (χ1) is 16.0. The van der Waals surface area contributed by atoms with E-state index in [2.05, 4.69) is 65.4 Å². The summed E-state index contributed by atoms with van der Waals surface area (Å²) in [4.78, 5) is 8.57. The van der Waals surface area contributed by atoms with Crippen LogP contribution in [0.4, 0.5) is 0 Å². The molecule has 0 radical (unpaired) electrons. The molecule has 0 saturated heterocycles. The molecule has 6 nitrogen and oxygen atoms in total. The van der Waals surface area contributed by atoms with Crippen molar-refractivity contribution in [1.82, 2.24) is 15.1 Å². The molecule has 0 atom stereocenters. The topological polar surface area (TPSA) is 70.3 Å². The Hall–Kier alpha value is -3.67. The van der Waals surface area contributed by atoms with Gasteiger partial charge in [0.1, 0.15) is 11.5 Å². The second kappa shape index (κ2) is 8.70. The van der Waals surface area contributed by atoms with E-state index < -0.39 is 0 Å². The minimum atomic E-state index is -0.143. The highest BCUT2D eigenvalue weighted by Gasteiger charge is 2.24. The summed E-state index contributed by atoms with van der Waals surface area (Å²) >= 11 is 0. The molecule has 1 aliphatic rings. The predicted octanol–water partition coefficient (Wildman–Crippen LogP) is 6.49. The zero-order chi connectivity index (χ0) is 22.8. The highest BCUT2D eigenvalue weighted by atomic mass is 16.5. The van der Waals surface area contributed by atoms with Gasteiger partial charge in [-0.05, 0) is 60.7 Å². The summed E-state index contributed by atoms with van der Waals surface area (Å²) in [5.74, 6) is 3.23. The summed E-state index contributed by atoms with van der Waals surface area (Å²) in [5.41, 5.74) is 3.08.